The van der Waals surface area contributed by atoms with Crippen LogP contribution in [0.3, 0.4) is 0 Å². The third kappa shape index (κ3) is 5.04. The van der Waals surface area contributed by atoms with Gasteiger partial charge in [-0.15, -0.1) is 0 Å². The molecule has 148 valence electrons. The van der Waals surface area contributed by atoms with Crippen molar-refractivity contribution in [3.8, 4) is 11.5 Å². The summed E-state index contributed by atoms with van der Waals surface area (Å²) in [7, 11) is 0. The van der Waals surface area contributed by atoms with E-state index >= 15 is 0 Å². The largest absolute Gasteiger partial charge is 0.508 e. The number of hydrogen-bond donors (Lipinski definition) is 2. The van der Waals surface area contributed by atoms with E-state index in [1.807, 2.05) is 18.2 Å². The second-order valence-electron chi connectivity index (χ2n) is 6.81. The number of rotatable bonds is 5. The van der Waals surface area contributed by atoms with Crippen LogP contribution in [-0.2, 0) is 4.79 Å². The number of ether oxygens (including phenoxy) is 1. The molecular formula is C21H23BrN2O4. The van der Waals surface area contributed by atoms with E-state index in [0.29, 0.717) is 37.2 Å². The first-order chi connectivity index (χ1) is 13.4. The van der Waals surface area contributed by atoms with Crippen molar-refractivity contribution >= 4 is 27.7 Å². The predicted molar refractivity (Wildman–Crippen MR) is 109 cm³/mol. The summed E-state index contributed by atoms with van der Waals surface area (Å²) >= 11 is 3.40. The molecule has 1 aliphatic rings. The van der Waals surface area contributed by atoms with Crippen molar-refractivity contribution in [2.45, 2.75) is 31.9 Å². The highest BCUT2D eigenvalue weighted by molar-refractivity contribution is 9.10. The number of halogens is 1. The maximum atomic E-state index is 12.6. The average Bonchev–Trinajstić information content (AvgIpc) is 2.70. The number of phenols is 1. The van der Waals surface area contributed by atoms with E-state index in [1.54, 1.807) is 30.0 Å². The van der Waals surface area contributed by atoms with Crippen LogP contribution in [0.15, 0.2) is 53.0 Å². The Labute approximate surface area is 172 Å². The van der Waals surface area contributed by atoms with Crippen molar-refractivity contribution in [1.82, 2.24) is 10.2 Å². The molecule has 1 unspecified atom stereocenters. The van der Waals surface area contributed by atoms with Gasteiger partial charge in [-0.2, -0.15) is 0 Å². The molecule has 6 nitrogen and oxygen atoms in total. The van der Waals surface area contributed by atoms with Crippen molar-refractivity contribution in [1.29, 1.82) is 0 Å². The van der Waals surface area contributed by atoms with Crippen molar-refractivity contribution in [3.63, 3.8) is 0 Å². The van der Waals surface area contributed by atoms with Gasteiger partial charge in [-0.05, 0) is 72.1 Å². The fourth-order valence-electron chi connectivity index (χ4n) is 3.19. The van der Waals surface area contributed by atoms with Crippen LogP contribution in [0.5, 0.6) is 11.5 Å². The fourth-order valence-corrected chi connectivity index (χ4v) is 3.65. The van der Waals surface area contributed by atoms with Gasteiger partial charge in [-0.1, -0.05) is 12.1 Å². The van der Waals surface area contributed by atoms with E-state index in [-0.39, 0.29) is 23.6 Å². The topological polar surface area (TPSA) is 78.9 Å². The first-order valence-corrected chi connectivity index (χ1v) is 10.0. The number of hydrogen-bond acceptors (Lipinski definition) is 4. The lowest BCUT2D eigenvalue weighted by Crippen LogP contribution is -2.49. The number of carbonyl (C=O) groups is 2. The lowest BCUT2D eigenvalue weighted by molar-refractivity contribution is -0.139. The highest BCUT2D eigenvalue weighted by atomic mass is 79.9. The van der Waals surface area contributed by atoms with E-state index in [2.05, 4.69) is 21.2 Å². The highest BCUT2D eigenvalue weighted by Crippen LogP contribution is 2.20. The predicted octanol–water partition coefficient (Wildman–Crippen LogP) is 3.34. The van der Waals surface area contributed by atoms with Gasteiger partial charge in [0.1, 0.15) is 11.5 Å². The van der Waals surface area contributed by atoms with Gasteiger partial charge < -0.3 is 20.1 Å². The second-order valence-corrected chi connectivity index (χ2v) is 7.66. The number of amides is 2. The standard InChI is InChI=1S/C21H23BrN2O4/c1-14(28-17-8-6-16(25)7-9-17)21(27)24-12-10-15(11-13-24)23-20(26)18-4-2-3-5-19(18)22/h2-9,14-15,25H,10-13H2,1H3,(H,23,26). The van der Waals surface area contributed by atoms with E-state index in [4.69, 9.17) is 4.74 Å². The molecular weight excluding hydrogens is 424 g/mol. The molecule has 1 fully saturated rings. The number of carbonyl (C=O) groups excluding carboxylic acids is 2. The molecule has 2 amide bonds. The number of phenolic OH excluding ortho intramolecular Hbond substituents is 1. The SMILES string of the molecule is CC(Oc1ccc(O)cc1)C(=O)N1CCC(NC(=O)c2ccccc2Br)CC1. The number of nitrogens with one attached hydrogen (secondary N) is 1. The number of benzene rings is 2. The van der Waals surface area contributed by atoms with Crippen molar-refractivity contribution in [3.05, 3.63) is 58.6 Å². The van der Waals surface area contributed by atoms with Crippen LogP contribution in [0.25, 0.3) is 0 Å². The Morgan fingerprint density at radius 1 is 1.14 bits per heavy atom. The van der Waals surface area contributed by atoms with E-state index in [9.17, 15) is 14.7 Å². The van der Waals surface area contributed by atoms with Crippen molar-refractivity contribution in [2.24, 2.45) is 0 Å². The van der Waals surface area contributed by atoms with Gasteiger partial charge in [0.2, 0.25) is 0 Å². The summed E-state index contributed by atoms with van der Waals surface area (Å²) in [5.41, 5.74) is 0.608. The normalized spacial score (nSPS) is 15.7. The minimum Gasteiger partial charge on any atom is -0.508 e. The Kier molecular flexibility index (Phi) is 6.57. The molecule has 1 atom stereocenters. The molecule has 2 aromatic rings. The van der Waals surface area contributed by atoms with E-state index < -0.39 is 6.10 Å². The number of likely N-dealkylation sites (tertiary alicyclic amines) is 1. The van der Waals surface area contributed by atoms with Gasteiger partial charge >= 0.3 is 0 Å². The van der Waals surface area contributed by atoms with Gasteiger partial charge in [-0.3, -0.25) is 9.59 Å². The molecule has 7 heteroatoms. The summed E-state index contributed by atoms with van der Waals surface area (Å²) in [4.78, 5) is 26.8. The van der Waals surface area contributed by atoms with E-state index in [0.717, 1.165) is 4.47 Å². The Bertz CT molecular complexity index is 833. The summed E-state index contributed by atoms with van der Waals surface area (Å²) in [6.07, 6.45) is 0.790. The number of aromatic hydroxyl groups is 1. The number of nitrogens with zero attached hydrogens (tertiary/aromatic N) is 1. The van der Waals surface area contributed by atoms with Gasteiger partial charge in [0, 0.05) is 23.6 Å². The minimum absolute atomic E-state index is 0.0389. The fraction of sp³-hybridized carbons (Fsp3) is 0.333. The quantitative estimate of drug-likeness (QED) is 0.737. The Morgan fingerprint density at radius 3 is 2.43 bits per heavy atom. The van der Waals surface area contributed by atoms with Gasteiger partial charge in [-0.25, -0.2) is 0 Å². The molecule has 0 saturated carbocycles. The van der Waals surface area contributed by atoms with Gasteiger partial charge in [0.05, 0.1) is 5.56 Å². The summed E-state index contributed by atoms with van der Waals surface area (Å²) in [5.74, 6) is 0.497. The summed E-state index contributed by atoms with van der Waals surface area (Å²) in [5, 5.41) is 12.4. The van der Waals surface area contributed by atoms with Crippen LogP contribution in [0.4, 0.5) is 0 Å². The first-order valence-electron chi connectivity index (χ1n) is 9.24. The van der Waals surface area contributed by atoms with Gasteiger partial charge in [0.15, 0.2) is 6.10 Å². The zero-order chi connectivity index (χ0) is 20.1. The molecule has 3 rings (SSSR count). The minimum atomic E-state index is -0.615. The van der Waals surface area contributed by atoms with Crippen LogP contribution in [-0.4, -0.2) is 47.1 Å². The summed E-state index contributed by atoms with van der Waals surface area (Å²) in [6.45, 7) is 2.86. The Balaban J connectivity index is 1.49. The lowest BCUT2D eigenvalue weighted by atomic mass is 10.0. The molecule has 0 spiro atoms. The maximum absolute atomic E-state index is 12.6. The third-order valence-electron chi connectivity index (χ3n) is 4.76. The zero-order valence-electron chi connectivity index (χ0n) is 15.6. The molecule has 1 aliphatic heterocycles. The van der Waals surface area contributed by atoms with Crippen molar-refractivity contribution < 1.29 is 19.4 Å². The molecule has 0 aliphatic carbocycles. The Morgan fingerprint density at radius 2 is 1.79 bits per heavy atom. The Hall–Kier alpha value is -2.54. The average molecular weight is 447 g/mol. The molecule has 0 bridgehead atoms. The maximum Gasteiger partial charge on any atom is 0.263 e. The molecule has 1 heterocycles. The van der Waals surface area contributed by atoms with Crippen molar-refractivity contribution in [2.75, 3.05) is 13.1 Å². The van der Waals surface area contributed by atoms with Crippen LogP contribution >= 0.6 is 15.9 Å². The summed E-state index contributed by atoms with van der Waals surface area (Å²) < 4.78 is 6.43. The molecule has 0 aromatic heterocycles. The first kappa shape index (κ1) is 20.2. The smallest absolute Gasteiger partial charge is 0.263 e. The number of piperidine rings is 1. The molecule has 2 aromatic carbocycles. The zero-order valence-corrected chi connectivity index (χ0v) is 17.2. The second kappa shape index (κ2) is 9.10. The van der Waals surface area contributed by atoms with Crippen LogP contribution in [0.2, 0.25) is 0 Å². The van der Waals surface area contributed by atoms with Crippen LogP contribution in [0, 0.1) is 0 Å². The van der Waals surface area contributed by atoms with E-state index in [1.165, 1.54) is 12.1 Å². The molecule has 0 radical (unpaired) electrons. The van der Waals surface area contributed by atoms with Crippen LogP contribution in [0.1, 0.15) is 30.1 Å². The lowest BCUT2D eigenvalue weighted by Gasteiger charge is -2.34. The molecule has 1 saturated heterocycles. The summed E-state index contributed by atoms with van der Waals surface area (Å²) in [6, 6.07) is 13.6. The van der Waals surface area contributed by atoms with Crippen LogP contribution < -0.4 is 10.1 Å². The van der Waals surface area contributed by atoms with Gasteiger partial charge in [0.25, 0.3) is 11.8 Å². The molecule has 2 N–H and O–H groups in total. The third-order valence-corrected chi connectivity index (χ3v) is 5.45. The highest BCUT2D eigenvalue weighted by Gasteiger charge is 2.28. The molecule has 28 heavy (non-hydrogen) atoms. The monoisotopic (exact) mass is 446 g/mol.